The Hall–Kier alpha value is -3.09. The number of piperidine rings is 2. The number of ketones is 2. The van der Waals surface area contributed by atoms with Crippen LogP contribution in [0.3, 0.4) is 0 Å². The summed E-state index contributed by atoms with van der Waals surface area (Å²) in [5.74, 6) is -0.834. The summed E-state index contributed by atoms with van der Waals surface area (Å²) in [6.07, 6.45) is 0.761. The molecule has 2 spiro atoms. The van der Waals surface area contributed by atoms with Crippen LogP contribution in [0.5, 0.6) is 0 Å². The number of nitrogens with one attached hydrogen (secondary N) is 2. The summed E-state index contributed by atoms with van der Waals surface area (Å²) >= 11 is 0. The monoisotopic (exact) mass is 716 g/mol. The first-order valence-corrected chi connectivity index (χ1v) is 19.3. The van der Waals surface area contributed by atoms with Crippen LogP contribution < -0.4 is 10.6 Å². The molecule has 0 aliphatic carbocycles. The Labute approximate surface area is 287 Å². The van der Waals surface area contributed by atoms with Crippen molar-refractivity contribution in [3.63, 3.8) is 0 Å². The number of nitrogens with zero attached hydrogens (tertiary/aromatic N) is 4. The molecule has 1 amide bonds. The number of rotatable bonds is 9. The lowest BCUT2D eigenvalue weighted by molar-refractivity contribution is -0.169. The van der Waals surface area contributed by atoms with E-state index in [4.69, 9.17) is 4.74 Å². The molecule has 3 unspecified atom stereocenters. The molecule has 0 radical (unpaired) electrons. The number of benzene rings is 2. The van der Waals surface area contributed by atoms with Crippen molar-refractivity contribution in [2.24, 2.45) is 0 Å². The lowest BCUT2D eigenvalue weighted by atomic mass is 9.89. The normalized spacial score (nSPS) is 26.6. The average Bonchev–Trinajstić information content (AvgIpc) is 3.56. The smallest absolute Gasteiger partial charge is 0.245 e. The van der Waals surface area contributed by atoms with Gasteiger partial charge in [-0.15, -0.1) is 0 Å². The van der Waals surface area contributed by atoms with Crippen LogP contribution in [0.25, 0.3) is 0 Å². The molecule has 4 fully saturated rings. The third-order valence-corrected chi connectivity index (χ3v) is 14.1. The molecule has 4 heterocycles. The van der Waals surface area contributed by atoms with Crippen LogP contribution in [-0.2, 0) is 29.6 Å². The largest absolute Gasteiger partial charge is 0.355 e. The van der Waals surface area contributed by atoms with Crippen LogP contribution in [0.4, 0.5) is 0 Å². The second kappa shape index (κ2) is 13.2. The SMILES string of the molecule is CC(=O)c1ccc(S(=O)(=O)N2C(CN(C)C)COC23CCNCC3N2C(=O)CN(S(=O)(=O)c3ccc(C(C)=O)cc3)C23CCNCC3)cc1. The molecule has 4 aliphatic rings. The minimum atomic E-state index is -4.27. The Bertz CT molecular complexity index is 1830. The van der Waals surface area contributed by atoms with E-state index in [1.54, 1.807) is 4.90 Å². The molecule has 0 bridgehead atoms. The molecule has 6 rings (SSSR count). The average molecular weight is 717 g/mol. The van der Waals surface area contributed by atoms with E-state index < -0.39 is 56.0 Å². The molecule has 2 aromatic carbocycles. The molecule has 16 heteroatoms. The number of Topliss-reactive ketones (excluding diaryl/α,β-unsaturated/α-hetero) is 2. The van der Waals surface area contributed by atoms with E-state index in [0.717, 1.165) is 0 Å². The predicted octanol–water partition coefficient (Wildman–Crippen LogP) is 0.714. The van der Waals surface area contributed by atoms with Crippen LogP contribution >= 0.6 is 0 Å². The van der Waals surface area contributed by atoms with Gasteiger partial charge >= 0.3 is 0 Å². The molecule has 0 saturated carbocycles. The molecule has 3 atom stereocenters. The third kappa shape index (κ3) is 6.05. The molecule has 2 aromatic rings. The van der Waals surface area contributed by atoms with Gasteiger partial charge in [-0.05, 0) is 84.7 Å². The molecular formula is C33H44N6O8S2. The van der Waals surface area contributed by atoms with Crippen LogP contribution in [0, 0.1) is 0 Å². The maximum absolute atomic E-state index is 14.8. The summed E-state index contributed by atoms with van der Waals surface area (Å²) in [6.45, 7) is 4.23. The lowest BCUT2D eigenvalue weighted by Crippen LogP contribution is -2.74. The van der Waals surface area contributed by atoms with Crippen LogP contribution in [0.2, 0.25) is 0 Å². The molecule has 4 aliphatic heterocycles. The van der Waals surface area contributed by atoms with Crippen molar-refractivity contribution < 1.29 is 36.0 Å². The Balaban J connectivity index is 1.47. The third-order valence-electron chi connectivity index (χ3n) is 10.2. The zero-order valence-corrected chi connectivity index (χ0v) is 29.8. The van der Waals surface area contributed by atoms with Crippen molar-refractivity contribution >= 4 is 37.5 Å². The number of sulfonamides is 2. The van der Waals surface area contributed by atoms with Crippen LogP contribution in [-0.4, -0.2) is 136 Å². The molecule has 4 saturated heterocycles. The van der Waals surface area contributed by atoms with Crippen molar-refractivity contribution in [3.05, 3.63) is 59.7 Å². The van der Waals surface area contributed by atoms with Gasteiger partial charge in [-0.1, -0.05) is 24.3 Å². The standard InChI is InChI=1S/C33H44N6O8S2/c1-23(40)25-5-9-28(10-6-25)48(43,44)37-21-31(42)38(32(37)13-16-34-17-14-32)30-19-35-18-15-33(30)39(27(22-47-33)20-36(3)4)49(45,46)29-11-7-26(8-12-29)24(2)41/h5-12,27,30,34-35H,13-22H2,1-4H3. The number of amides is 1. The molecular weight excluding hydrogens is 673 g/mol. The van der Waals surface area contributed by atoms with Gasteiger partial charge in [0, 0.05) is 30.6 Å². The number of carbonyl (C=O) groups excluding carboxylic acids is 3. The lowest BCUT2D eigenvalue weighted by Gasteiger charge is -2.55. The number of likely N-dealkylation sites (N-methyl/N-ethyl adjacent to an activating group) is 1. The van der Waals surface area contributed by atoms with E-state index in [1.807, 2.05) is 19.0 Å². The second-order valence-electron chi connectivity index (χ2n) is 13.5. The molecule has 49 heavy (non-hydrogen) atoms. The maximum Gasteiger partial charge on any atom is 0.245 e. The van der Waals surface area contributed by atoms with Crippen LogP contribution in [0.15, 0.2) is 58.3 Å². The van der Waals surface area contributed by atoms with Crippen molar-refractivity contribution in [2.45, 2.75) is 66.4 Å². The fourth-order valence-electron chi connectivity index (χ4n) is 7.93. The van der Waals surface area contributed by atoms with E-state index in [-0.39, 0.29) is 53.8 Å². The Kier molecular flexibility index (Phi) is 9.64. The van der Waals surface area contributed by atoms with E-state index in [0.29, 0.717) is 37.3 Å². The highest BCUT2D eigenvalue weighted by Crippen LogP contribution is 2.48. The summed E-state index contributed by atoms with van der Waals surface area (Å²) in [4.78, 5) is 41.7. The number of hydrogen-bond acceptors (Lipinski definition) is 11. The van der Waals surface area contributed by atoms with Gasteiger partial charge in [0.25, 0.3) is 0 Å². The van der Waals surface area contributed by atoms with Gasteiger partial charge in [0.05, 0.1) is 35.0 Å². The van der Waals surface area contributed by atoms with E-state index >= 15 is 0 Å². The first kappa shape index (κ1) is 35.7. The van der Waals surface area contributed by atoms with Crippen molar-refractivity contribution in [3.8, 4) is 0 Å². The Morgan fingerprint density at radius 1 is 0.837 bits per heavy atom. The quantitative estimate of drug-likeness (QED) is 0.351. The Morgan fingerprint density at radius 3 is 1.90 bits per heavy atom. The van der Waals surface area contributed by atoms with Gasteiger partial charge in [-0.3, -0.25) is 14.4 Å². The van der Waals surface area contributed by atoms with Crippen molar-refractivity contribution in [1.82, 2.24) is 29.0 Å². The first-order valence-electron chi connectivity index (χ1n) is 16.5. The van der Waals surface area contributed by atoms with E-state index in [1.165, 1.54) is 71.0 Å². The highest BCUT2D eigenvalue weighted by molar-refractivity contribution is 7.89. The van der Waals surface area contributed by atoms with Gasteiger partial charge in [-0.2, -0.15) is 8.61 Å². The van der Waals surface area contributed by atoms with E-state index in [9.17, 15) is 31.2 Å². The zero-order chi connectivity index (χ0) is 35.4. The van der Waals surface area contributed by atoms with Gasteiger partial charge in [0.2, 0.25) is 26.0 Å². The summed E-state index contributed by atoms with van der Waals surface area (Å²) in [5, 5.41) is 6.62. The van der Waals surface area contributed by atoms with Gasteiger partial charge in [-0.25, -0.2) is 16.8 Å². The fourth-order valence-corrected chi connectivity index (χ4v) is 11.6. The molecule has 2 N–H and O–H groups in total. The minimum Gasteiger partial charge on any atom is -0.355 e. The van der Waals surface area contributed by atoms with Crippen molar-refractivity contribution in [1.29, 1.82) is 0 Å². The van der Waals surface area contributed by atoms with Crippen LogP contribution in [0.1, 0.15) is 53.8 Å². The molecule has 266 valence electrons. The summed E-state index contributed by atoms with van der Waals surface area (Å²) in [6, 6.07) is 10.00. The number of carbonyl (C=O) groups is 3. The minimum absolute atomic E-state index is 0.00838. The predicted molar refractivity (Wildman–Crippen MR) is 180 cm³/mol. The highest BCUT2D eigenvalue weighted by Gasteiger charge is 2.67. The summed E-state index contributed by atoms with van der Waals surface area (Å²) in [5.41, 5.74) is -2.07. The molecule has 0 aromatic heterocycles. The van der Waals surface area contributed by atoms with Gasteiger partial charge in [0.1, 0.15) is 5.66 Å². The van der Waals surface area contributed by atoms with Crippen molar-refractivity contribution in [2.75, 3.05) is 60.0 Å². The summed E-state index contributed by atoms with van der Waals surface area (Å²) in [7, 11) is -4.83. The highest BCUT2D eigenvalue weighted by atomic mass is 32.2. The maximum atomic E-state index is 14.8. The number of hydrogen-bond donors (Lipinski definition) is 2. The summed E-state index contributed by atoms with van der Waals surface area (Å²) < 4.78 is 67.6. The topological polar surface area (TPSA) is 166 Å². The fraction of sp³-hybridized carbons (Fsp3) is 0.545. The second-order valence-corrected chi connectivity index (χ2v) is 17.2. The zero-order valence-electron chi connectivity index (χ0n) is 28.2. The van der Waals surface area contributed by atoms with Gasteiger partial charge in [0.15, 0.2) is 17.3 Å². The molecule has 14 nitrogen and oxygen atoms in total. The Morgan fingerprint density at radius 2 is 1.37 bits per heavy atom. The van der Waals surface area contributed by atoms with E-state index in [2.05, 4.69) is 10.6 Å². The van der Waals surface area contributed by atoms with Gasteiger partial charge < -0.3 is 25.2 Å². The number of ether oxygens (including phenoxy) is 1. The first-order chi connectivity index (χ1) is 23.1.